The highest BCUT2D eigenvalue weighted by atomic mass is 32.1. The Morgan fingerprint density at radius 2 is 2.13 bits per heavy atom. The molecule has 0 bridgehead atoms. The van der Waals surface area contributed by atoms with E-state index in [2.05, 4.69) is 11.4 Å². The quantitative estimate of drug-likeness (QED) is 0.934. The number of anilines is 1. The molecule has 6 heteroatoms. The molecule has 1 amide bonds. The largest absolute Gasteiger partial charge is 0.497 e. The topological polar surface area (TPSA) is 71.3 Å². The molecule has 1 aromatic carbocycles. The first-order chi connectivity index (χ1) is 11.2. The van der Waals surface area contributed by atoms with E-state index in [0.717, 1.165) is 24.8 Å². The molecule has 0 saturated heterocycles. The number of methoxy groups -OCH3 is 2. The molecular formula is C17H16N2O3S. The number of carbonyl (C=O) groups excluding carboxylic acids is 1. The number of thiophene rings is 1. The van der Waals surface area contributed by atoms with E-state index in [1.165, 1.54) is 23.3 Å². The molecule has 0 aliphatic heterocycles. The van der Waals surface area contributed by atoms with Crippen molar-refractivity contribution in [3.63, 3.8) is 0 Å². The maximum atomic E-state index is 12.6. The highest BCUT2D eigenvalue weighted by Gasteiger charge is 2.24. The van der Waals surface area contributed by atoms with E-state index in [9.17, 15) is 10.1 Å². The zero-order valence-electron chi connectivity index (χ0n) is 12.9. The molecule has 1 aromatic heterocycles. The predicted molar refractivity (Wildman–Crippen MR) is 88.6 cm³/mol. The Bertz CT molecular complexity index is 805. The number of amides is 1. The first-order valence-corrected chi connectivity index (χ1v) is 8.07. The number of nitrogens with one attached hydrogen (secondary N) is 1. The van der Waals surface area contributed by atoms with E-state index < -0.39 is 0 Å². The lowest BCUT2D eigenvalue weighted by atomic mass is 10.1. The summed E-state index contributed by atoms with van der Waals surface area (Å²) in [6.07, 6.45) is 2.97. The maximum Gasteiger partial charge on any atom is 0.260 e. The maximum absolute atomic E-state index is 12.6. The third kappa shape index (κ3) is 2.76. The molecule has 0 saturated carbocycles. The molecule has 0 atom stereocenters. The molecule has 23 heavy (non-hydrogen) atoms. The van der Waals surface area contributed by atoms with Crippen LogP contribution in [0.15, 0.2) is 18.2 Å². The summed E-state index contributed by atoms with van der Waals surface area (Å²) in [6.45, 7) is 0. The van der Waals surface area contributed by atoms with E-state index in [1.54, 1.807) is 25.3 Å². The van der Waals surface area contributed by atoms with E-state index in [4.69, 9.17) is 9.47 Å². The van der Waals surface area contributed by atoms with Gasteiger partial charge in [0, 0.05) is 4.88 Å². The van der Waals surface area contributed by atoms with Gasteiger partial charge in [-0.1, -0.05) is 0 Å². The first-order valence-electron chi connectivity index (χ1n) is 7.26. The van der Waals surface area contributed by atoms with Crippen molar-refractivity contribution in [3.8, 4) is 17.6 Å². The van der Waals surface area contributed by atoms with Crippen molar-refractivity contribution < 1.29 is 14.3 Å². The summed E-state index contributed by atoms with van der Waals surface area (Å²) < 4.78 is 10.4. The number of hydrogen-bond acceptors (Lipinski definition) is 5. The molecule has 1 heterocycles. The van der Waals surface area contributed by atoms with Gasteiger partial charge in [0.1, 0.15) is 22.6 Å². The average Bonchev–Trinajstić information content (AvgIpc) is 3.14. The van der Waals surface area contributed by atoms with Crippen LogP contribution in [-0.4, -0.2) is 20.1 Å². The number of benzene rings is 1. The van der Waals surface area contributed by atoms with Gasteiger partial charge in [0.2, 0.25) is 0 Å². The lowest BCUT2D eigenvalue weighted by molar-refractivity contribution is 0.102. The van der Waals surface area contributed by atoms with Crippen LogP contribution >= 0.6 is 11.3 Å². The Balaban J connectivity index is 1.93. The molecule has 0 unspecified atom stereocenters. The molecule has 0 radical (unpaired) electrons. The molecule has 5 nitrogen and oxygen atoms in total. The predicted octanol–water partition coefficient (Wildman–Crippen LogP) is 3.38. The second-order valence-electron chi connectivity index (χ2n) is 5.19. The van der Waals surface area contributed by atoms with Crippen LogP contribution in [0.1, 0.15) is 32.8 Å². The number of hydrogen-bond donors (Lipinski definition) is 1. The standard InChI is InChI=1S/C17H16N2O3S/c1-21-10-6-7-14(22-2)12(8-10)16(20)19-17-13(9-18)11-4-3-5-15(11)23-17/h6-8H,3-5H2,1-2H3,(H,19,20). The highest BCUT2D eigenvalue weighted by molar-refractivity contribution is 7.16. The van der Waals surface area contributed by atoms with E-state index in [0.29, 0.717) is 27.6 Å². The summed E-state index contributed by atoms with van der Waals surface area (Å²) >= 11 is 1.49. The summed E-state index contributed by atoms with van der Waals surface area (Å²) in [5.41, 5.74) is 2.06. The molecule has 118 valence electrons. The number of fused-ring (bicyclic) bond motifs is 1. The van der Waals surface area contributed by atoms with Crippen molar-refractivity contribution in [1.82, 2.24) is 0 Å². The van der Waals surface area contributed by atoms with Crippen LogP contribution in [0.3, 0.4) is 0 Å². The molecule has 3 rings (SSSR count). The van der Waals surface area contributed by atoms with Gasteiger partial charge in [-0.05, 0) is 43.0 Å². The molecule has 0 fully saturated rings. The number of carbonyl (C=O) groups is 1. The zero-order valence-corrected chi connectivity index (χ0v) is 13.8. The Labute approximate surface area is 138 Å². The molecule has 1 N–H and O–H groups in total. The Kier molecular flexibility index (Phi) is 4.22. The first kappa shape index (κ1) is 15.4. The van der Waals surface area contributed by atoms with Crippen molar-refractivity contribution in [2.24, 2.45) is 0 Å². The minimum absolute atomic E-state index is 0.308. The van der Waals surface area contributed by atoms with Crippen LogP contribution in [0, 0.1) is 11.3 Å². The monoisotopic (exact) mass is 328 g/mol. The number of nitriles is 1. The molecule has 0 spiro atoms. The number of nitrogens with zero attached hydrogens (tertiary/aromatic N) is 1. The number of ether oxygens (including phenoxy) is 2. The van der Waals surface area contributed by atoms with E-state index in [-0.39, 0.29) is 5.91 Å². The van der Waals surface area contributed by atoms with Gasteiger partial charge in [-0.2, -0.15) is 5.26 Å². The Morgan fingerprint density at radius 1 is 1.30 bits per heavy atom. The molecule has 1 aliphatic rings. The SMILES string of the molecule is COc1ccc(OC)c(C(=O)Nc2sc3c(c2C#N)CCC3)c1. The summed E-state index contributed by atoms with van der Waals surface area (Å²) in [5.74, 6) is 0.730. The van der Waals surface area contributed by atoms with Gasteiger partial charge < -0.3 is 14.8 Å². The van der Waals surface area contributed by atoms with Crippen molar-refractivity contribution >= 4 is 22.2 Å². The third-order valence-electron chi connectivity index (χ3n) is 3.91. The highest BCUT2D eigenvalue weighted by Crippen LogP contribution is 2.39. The lowest BCUT2D eigenvalue weighted by Crippen LogP contribution is -2.13. The molecule has 2 aromatic rings. The second kappa shape index (κ2) is 6.31. The fraction of sp³-hybridized carbons (Fsp3) is 0.294. The van der Waals surface area contributed by atoms with Crippen LogP contribution in [0.2, 0.25) is 0 Å². The van der Waals surface area contributed by atoms with Crippen LogP contribution in [0.5, 0.6) is 11.5 Å². The number of aryl methyl sites for hydroxylation is 1. The number of rotatable bonds is 4. The normalized spacial score (nSPS) is 12.4. The molecule has 1 aliphatic carbocycles. The summed E-state index contributed by atoms with van der Waals surface area (Å²) in [4.78, 5) is 13.8. The summed E-state index contributed by atoms with van der Waals surface area (Å²) in [6, 6.07) is 7.27. The van der Waals surface area contributed by atoms with Gasteiger partial charge in [0.05, 0.1) is 25.3 Å². The fourth-order valence-electron chi connectivity index (χ4n) is 2.77. The van der Waals surface area contributed by atoms with Crippen LogP contribution in [0.4, 0.5) is 5.00 Å². The van der Waals surface area contributed by atoms with E-state index in [1.807, 2.05) is 0 Å². The smallest absolute Gasteiger partial charge is 0.260 e. The van der Waals surface area contributed by atoms with Gasteiger partial charge in [0.15, 0.2) is 0 Å². The van der Waals surface area contributed by atoms with Crippen LogP contribution in [-0.2, 0) is 12.8 Å². The van der Waals surface area contributed by atoms with Crippen molar-refractivity contribution in [1.29, 1.82) is 5.26 Å². The van der Waals surface area contributed by atoms with Crippen LogP contribution in [0.25, 0.3) is 0 Å². The van der Waals surface area contributed by atoms with Gasteiger partial charge in [0.25, 0.3) is 5.91 Å². The summed E-state index contributed by atoms with van der Waals surface area (Å²) in [7, 11) is 3.06. The summed E-state index contributed by atoms with van der Waals surface area (Å²) in [5, 5.41) is 12.9. The zero-order chi connectivity index (χ0) is 16.4. The Morgan fingerprint density at radius 3 is 2.83 bits per heavy atom. The third-order valence-corrected chi connectivity index (χ3v) is 5.12. The minimum atomic E-state index is -0.308. The van der Waals surface area contributed by atoms with Crippen LogP contribution < -0.4 is 14.8 Å². The Hall–Kier alpha value is -2.52. The van der Waals surface area contributed by atoms with Crippen molar-refractivity contribution in [2.45, 2.75) is 19.3 Å². The molecular weight excluding hydrogens is 312 g/mol. The van der Waals surface area contributed by atoms with Gasteiger partial charge >= 0.3 is 0 Å². The van der Waals surface area contributed by atoms with Gasteiger partial charge in [-0.3, -0.25) is 4.79 Å². The minimum Gasteiger partial charge on any atom is -0.497 e. The van der Waals surface area contributed by atoms with Gasteiger partial charge in [-0.25, -0.2) is 0 Å². The van der Waals surface area contributed by atoms with Gasteiger partial charge in [-0.15, -0.1) is 11.3 Å². The van der Waals surface area contributed by atoms with E-state index >= 15 is 0 Å². The fourth-order valence-corrected chi connectivity index (χ4v) is 4.01. The van der Waals surface area contributed by atoms with Crippen molar-refractivity contribution in [3.05, 3.63) is 39.8 Å². The lowest BCUT2D eigenvalue weighted by Gasteiger charge is -2.10. The second-order valence-corrected chi connectivity index (χ2v) is 6.30. The average molecular weight is 328 g/mol. The van der Waals surface area contributed by atoms with Crippen molar-refractivity contribution in [2.75, 3.05) is 19.5 Å².